The fourth-order valence-corrected chi connectivity index (χ4v) is 4.68. The quantitative estimate of drug-likeness (QED) is 0.717. The van der Waals surface area contributed by atoms with Gasteiger partial charge in [-0.3, -0.25) is 0 Å². The lowest BCUT2D eigenvalue weighted by Crippen LogP contribution is -2.26. The summed E-state index contributed by atoms with van der Waals surface area (Å²) in [5.74, 6) is 0.282. The molecule has 0 aliphatic rings. The van der Waals surface area contributed by atoms with Gasteiger partial charge in [-0.2, -0.15) is 15.6 Å². The first-order valence-corrected chi connectivity index (χ1v) is 9.48. The molecule has 0 bridgehead atoms. The van der Waals surface area contributed by atoms with Crippen molar-refractivity contribution < 1.29 is 8.42 Å². The van der Waals surface area contributed by atoms with Gasteiger partial charge in [-0.05, 0) is 56.0 Å². The molecule has 0 amide bonds. The van der Waals surface area contributed by atoms with Crippen molar-refractivity contribution in [1.29, 1.82) is 0 Å². The van der Waals surface area contributed by atoms with E-state index in [1.54, 1.807) is 36.6 Å². The Labute approximate surface area is 136 Å². The highest BCUT2D eigenvalue weighted by atomic mass is 79.9. The van der Waals surface area contributed by atoms with Gasteiger partial charge in [0.05, 0.1) is 4.90 Å². The Kier molecular flexibility index (Phi) is 5.25. The fourth-order valence-electron chi connectivity index (χ4n) is 1.72. The van der Waals surface area contributed by atoms with E-state index in [0.29, 0.717) is 11.0 Å². The molecule has 2 rings (SSSR count). The zero-order valence-electron chi connectivity index (χ0n) is 10.7. The number of halogens is 2. The van der Waals surface area contributed by atoms with Gasteiger partial charge in [-0.1, -0.05) is 6.07 Å². The van der Waals surface area contributed by atoms with Crippen molar-refractivity contribution in [3.8, 4) is 0 Å². The van der Waals surface area contributed by atoms with Gasteiger partial charge in [-0.15, -0.1) is 11.6 Å². The first-order valence-electron chi connectivity index (χ1n) is 5.77. The molecular formula is C13H13BrClNO2S2. The van der Waals surface area contributed by atoms with E-state index in [9.17, 15) is 8.42 Å². The number of alkyl halides is 1. The van der Waals surface area contributed by atoms with Crippen LogP contribution in [0.5, 0.6) is 0 Å². The van der Waals surface area contributed by atoms with Crippen LogP contribution in [0.1, 0.15) is 11.1 Å². The molecule has 20 heavy (non-hydrogen) atoms. The van der Waals surface area contributed by atoms with Crippen molar-refractivity contribution in [2.24, 2.45) is 0 Å². The van der Waals surface area contributed by atoms with Crippen molar-refractivity contribution in [1.82, 2.24) is 4.31 Å². The molecular weight excluding hydrogens is 382 g/mol. The fraction of sp³-hybridized carbons (Fsp3) is 0.231. The molecule has 0 fully saturated rings. The van der Waals surface area contributed by atoms with E-state index in [1.807, 2.05) is 16.8 Å². The largest absolute Gasteiger partial charge is 0.244 e. The molecule has 108 valence electrons. The smallest absolute Gasteiger partial charge is 0.207 e. The second-order valence-electron chi connectivity index (χ2n) is 4.29. The highest BCUT2D eigenvalue weighted by molar-refractivity contribution is 9.10. The first-order chi connectivity index (χ1) is 9.45. The molecule has 0 radical (unpaired) electrons. The molecule has 0 N–H and O–H groups in total. The predicted octanol–water partition coefficient (Wildman–Crippen LogP) is 4.07. The van der Waals surface area contributed by atoms with Gasteiger partial charge in [-0.25, -0.2) is 8.42 Å². The predicted molar refractivity (Wildman–Crippen MR) is 86.7 cm³/mol. The summed E-state index contributed by atoms with van der Waals surface area (Å²) in [4.78, 5) is 0.244. The Balaban J connectivity index is 2.34. The number of sulfonamides is 1. The number of hydrogen-bond donors (Lipinski definition) is 0. The number of hydrogen-bond acceptors (Lipinski definition) is 3. The third kappa shape index (κ3) is 3.43. The molecule has 3 nitrogen and oxygen atoms in total. The standard InChI is InChI=1S/C13H13BrClNO2S2/c1-16(8-11-4-5-19-9-11)20(17,18)13-6-10(7-15)2-3-12(13)14/h2-6,9H,7-8H2,1H3. The van der Waals surface area contributed by atoms with Gasteiger partial charge in [0.1, 0.15) is 0 Å². The monoisotopic (exact) mass is 393 g/mol. The summed E-state index contributed by atoms with van der Waals surface area (Å²) in [6, 6.07) is 7.04. The van der Waals surface area contributed by atoms with E-state index in [2.05, 4.69) is 15.9 Å². The lowest BCUT2D eigenvalue weighted by molar-refractivity contribution is 0.467. The molecule has 0 aliphatic carbocycles. The van der Waals surface area contributed by atoms with Crippen molar-refractivity contribution in [3.05, 3.63) is 50.6 Å². The normalized spacial score (nSPS) is 12.0. The van der Waals surface area contributed by atoms with Crippen LogP contribution in [0, 0.1) is 0 Å². The van der Waals surface area contributed by atoms with E-state index < -0.39 is 10.0 Å². The van der Waals surface area contributed by atoms with Crippen molar-refractivity contribution >= 4 is 48.9 Å². The summed E-state index contributed by atoms with van der Waals surface area (Å²) in [5, 5.41) is 3.87. The second kappa shape index (κ2) is 6.58. The van der Waals surface area contributed by atoms with Crippen LogP contribution in [-0.4, -0.2) is 19.8 Å². The lowest BCUT2D eigenvalue weighted by atomic mass is 10.2. The molecule has 1 heterocycles. The van der Waals surface area contributed by atoms with Crippen LogP contribution in [0.15, 0.2) is 44.4 Å². The van der Waals surface area contributed by atoms with Gasteiger partial charge in [0.15, 0.2) is 0 Å². The van der Waals surface area contributed by atoms with Crippen LogP contribution in [-0.2, 0) is 22.4 Å². The number of thiophene rings is 1. The zero-order valence-corrected chi connectivity index (χ0v) is 14.7. The van der Waals surface area contributed by atoms with Crippen LogP contribution >= 0.6 is 38.9 Å². The Morgan fingerprint density at radius 1 is 1.30 bits per heavy atom. The number of benzene rings is 1. The van der Waals surface area contributed by atoms with Crippen molar-refractivity contribution in [3.63, 3.8) is 0 Å². The highest BCUT2D eigenvalue weighted by Gasteiger charge is 2.24. The Morgan fingerprint density at radius 2 is 2.05 bits per heavy atom. The Morgan fingerprint density at radius 3 is 2.65 bits per heavy atom. The van der Waals surface area contributed by atoms with Crippen molar-refractivity contribution in [2.75, 3.05) is 7.05 Å². The minimum absolute atomic E-state index is 0.244. The summed E-state index contributed by atoms with van der Waals surface area (Å²) in [7, 11) is -1.97. The third-order valence-electron chi connectivity index (χ3n) is 2.82. The maximum atomic E-state index is 12.6. The van der Waals surface area contributed by atoms with Gasteiger partial charge < -0.3 is 0 Å². The molecule has 0 saturated carbocycles. The van der Waals surface area contributed by atoms with Gasteiger partial charge in [0.2, 0.25) is 10.0 Å². The lowest BCUT2D eigenvalue weighted by Gasteiger charge is -2.18. The van der Waals surface area contributed by atoms with Crippen molar-refractivity contribution in [2.45, 2.75) is 17.3 Å². The first kappa shape index (κ1) is 16.0. The molecule has 0 aliphatic heterocycles. The molecule has 0 atom stereocenters. The number of rotatable bonds is 5. The molecule has 7 heteroatoms. The van der Waals surface area contributed by atoms with Gasteiger partial charge >= 0.3 is 0 Å². The average molecular weight is 395 g/mol. The summed E-state index contributed by atoms with van der Waals surface area (Å²) in [5.41, 5.74) is 1.75. The minimum Gasteiger partial charge on any atom is -0.207 e. The Bertz CT molecular complexity index is 686. The molecule has 0 saturated heterocycles. The minimum atomic E-state index is -3.55. The summed E-state index contributed by atoms with van der Waals surface area (Å²) in [6.45, 7) is 0.351. The van der Waals surface area contributed by atoms with E-state index in [4.69, 9.17) is 11.6 Å². The highest BCUT2D eigenvalue weighted by Crippen LogP contribution is 2.27. The summed E-state index contributed by atoms with van der Waals surface area (Å²) < 4.78 is 27.1. The van der Waals surface area contributed by atoms with Crippen LogP contribution < -0.4 is 0 Å². The van der Waals surface area contributed by atoms with E-state index in [1.165, 1.54) is 4.31 Å². The van der Waals surface area contributed by atoms with Crippen LogP contribution in [0.2, 0.25) is 0 Å². The number of nitrogens with zero attached hydrogens (tertiary/aromatic N) is 1. The van der Waals surface area contributed by atoms with Gasteiger partial charge in [0, 0.05) is 23.9 Å². The van der Waals surface area contributed by atoms with E-state index in [-0.39, 0.29) is 10.8 Å². The maximum Gasteiger partial charge on any atom is 0.244 e. The van der Waals surface area contributed by atoms with E-state index >= 15 is 0 Å². The maximum absolute atomic E-state index is 12.6. The molecule has 1 aromatic heterocycles. The van der Waals surface area contributed by atoms with Crippen LogP contribution in [0.25, 0.3) is 0 Å². The topological polar surface area (TPSA) is 37.4 Å². The molecule has 0 spiro atoms. The van der Waals surface area contributed by atoms with Crippen LogP contribution in [0.4, 0.5) is 0 Å². The molecule has 2 aromatic rings. The Hall–Kier alpha value is -0.400. The average Bonchev–Trinajstić information content (AvgIpc) is 2.92. The zero-order chi connectivity index (χ0) is 14.8. The SMILES string of the molecule is CN(Cc1ccsc1)S(=O)(=O)c1cc(CCl)ccc1Br. The third-order valence-corrected chi connectivity index (χ3v) is 6.66. The molecule has 0 unspecified atom stereocenters. The van der Waals surface area contributed by atoms with Crippen LogP contribution in [0.3, 0.4) is 0 Å². The summed E-state index contributed by atoms with van der Waals surface area (Å²) in [6.07, 6.45) is 0. The van der Waals surface area contributed by atoms with Gasteiger partial charge in [0.25, 0.3) is 0 Å². The summed E-state index contributed by atoms with van der Waals surface area (Å²) >= 11 is 10.6. The second-order valence-corrected chi connectivity index (χ2v) is 8.21. The molecule has 1 aromatic carbocycles. The van der Waals surface area contributed by atoms with E-state index in [0.717, 1.165) is 11.1 Å².